The second-order valence-electron chi connectivity index (χ2n) is 6.79. The summed E-state index contributed by atoms with van der Waals surface area (Å²) < 4.78 is 0. The molecule has 2 aromatic carbocycles. The van der Waals surface area contributed by atoms with E-state index in [9.17, 15) is 19.8 Å². The van der Waals surface area contributed by atoms with Crippen molar-refractivity contribution in [2.45, 2.75) is 36.5 Å². The average molecular weight is 449 g/mol. The Bertz CT molecular complexity index is 803. The summed E-state index contributed by atoms with van der Waals surface area (Å²) in [5.41, 5.74) is 1.63. The van der Waals surface area contributed by atoms with Crippen LogP contribution in [0.1, 0.15) is 24.0 Å². The monoisotopic (exact) mass is 448 g/mol. The van der Waals surface area contributed by atoms with Crippen LogP contribution in [0.5, 0.6) is 11.5 Å². The SMILES string of the molecule is Cc1cc(SCCC(=O)NCCNC(=O)CCSc2ccc(O)c(C)c2)ccc1O. The molecule has 0 saturated carbocycles. The maximum Gasteiger partial charge on any atom is 0.220 e. The summed E-state index contributed by atoms with van der Waals surface area (Å²) in [4.78, 5) is 25.8. The number of aryl methyl sites for hydroxylation is 2. The van der Waals surface area contributed by atoms with E-state index in [1.54, 1.807) is 35.7 Å². The summed E-state index contributed by atoms with van der Waals surface area (Å²) in [6.07, 6.45) is 0.780. The van der Waals surface area contributed by atoms with Crippen molar-refractivity contribution in [3.8, 4) is 11.5 Å². The number of hydrogen-bond acceptors (Lipinski definition) is 6. The number of hydrogen-bond donors (Lipinski definition) is 4. The Hall–Kier alpha value is -2.32. The van der Waals surface area contributed by atoms with Crippen LogP contribution in [0, 0.1) is 13.8 Å². The molecular weight excluding hydrogens is 420 g/mol. The van der Waals surface area contributed by atoms with Crippen LogP contribution in [0.4, 0.5) is 0 Å². The molecule has 2 amide bonds. The number of thioether (sulfide) groups is 2. The molecule has 0 fully saturated rings. The van der Waals surface area contributed by atoms with E-state index < -0.39 is 0 Å². The molecule has 0 atom stereocenters. The zero-order chi connectivity index (χ0) is 21.9. The van der Waals surface area contributed by atoms with E-state index in [1.165, 1.54) is 0 Å². The van der Waals surface area contributed by atoms with Crippen LogP contribution in [0.2, 0.25) is 0 Å². The summed E-state index contributed by atoms with van der Waals surface area (Å²) >= 11 is 3.13. The Balaban J connectivity index is 1.52. The molecule has 0 aromatic heterocycles. The maximum absolute atomic E-state index is 11.9. The van der Waals surface area contributed by atoms with Crippen LogP contribution in [0.15, 0.2) is 46.2 Å². The fourth-order valence-corrected chi connectivity index (χ4v) is 4.43. The lowest BCUT2D eigenvalue weighted by Gasteiger charge is -2.08. The minimum atomic E-state index is -0.0505. The van der Waals surface area contributed by atoms with Crippen molar-refractivity contribution in [2.24, 2.45) is 0 Å². The molecule has 162 valence electrons. The highest BCUT2D eigenvalue weighted by molar-refractivity contribution is 7.99. The summed E-state index contributed by atoms with van der Waals surface area (Å²) in [5.74, 6) is 1.74. The Morgan fingerprint density at radius 1 is 0.767 bits per heavy atom. The van der Waals surface area contributed by atoms with Crippen molar-refractivity contribution in [3.63, 3.8) is 0 Å². The largest absolute Gasteiger partial charge is 0.508 e. The van der Waals surface area contributed by atoms with E-state index in [0.29, 0.717) is 37.4 Å². The molecular formula is C22H28N2O4S2. The molecule has 0 unspecified atom stereocenters. The molecule has 2 aromatic rings. The predicted octanol–water partition coefficient (Wildman–Crippen LogP) is 3.61. The van der Waals surface area contributed by atoms with Gasteiger partial charge in [-0.25, -0.2) is 0 Å². The smallest absolute Gasteiger partial charge is 0.220 e. The first-order chi connectivity index (χ1) is 14.3. The molecule has 2 rings (SSSR count). The van der Waals surface area contributed by atoms with Gasteiger partial charge < -0.3 is 20.8 Å². The Kier molecular flexibility index (Phi) is 9.89. The maximum atomic E-state index is 11.9. The molecule has 0 saturated heterocycles. The van der Waals surface area contributed by atoms with Gasteiger partial charge in [0.25, 0.3) is 0 Å². The van der Waals surface area contributed by atoms with Gasteiger partial charge in [0.1, 0.15) is 11.5 Å². The summed E-state index contributed by atoms with van der Waals surface area (Å²) in [7, 11) is 0. The summed E-state index contributed by atoms with van der Waals surface area (Å²) in [6.45, 7) is 4.48. The van der Waals surface area contributed by atoms with Gasteiger partial charge in [0.15, 0.2) is 0 Å². The lowest BCUT2D eigenvalue weighted by molar-refractivity contribution is -0.122. The molecule has 0 aliphatic carbocycles. The van der Waals surface area contributed by atoms with Gasteiger partial charge >= 0.3 is 0 Å². The number of benzene rings is 2. The van der Waals surface area contributed by atoms with E-state index >= 15 is 0 Å². The first kappa shape index (κ1) is 24.0. The average Bonchev–Trinajstić information content (AvgIpc) is 2.71. The first-order valence-corrected chi connectivity index (χ1v) is 11.7. The van der Waals surface area contributed by atoms with Crippen LogP contribution in [0.25, 0.3) is 0 Å². The molecule has 0 aliphatic rings. The van der Waals surface area contributed by atoms with Crippen molar-refractivity contribution in [1.29, 1.82) is 0 Å². The standard InChI is InChI=1S/C22H28N2O4S2/c1-15-13-17(3-5-19(15)25)29-11-7-21(27)23-9-10-24-22(28)8-12-30-18-4-6-20(26)16(2)14-18/h3-6,13-14,25-26H,7-12H2,1-2H3,(H,23,27)(H,24,28). The van der Waals surface area contributed by atoms with Crippen LogP contribution < -0.4 is 10.6 Å². The fourth-order valence-electron chi connectivity index (χ4n) is 2.54. The molecule has 0 heterocycles. The van der Waals surface area contributed by atoms with E-state index in [2.05, 4.69) is 10.6 Å². The molecule has 4 N–H and O–H groups in total. The van der Waals surface area contributed by atoms with Crippen LogP contribution >= 0.6 is 23.5 Å². The highest BCUT2D eigenvalue weighted by atomic mass is 32.2. The van der Waals surface area contributed by atoms with Gasteiger partial charge in [0.2, 0.25) is 11.8 Å². The second-order valence-corrected chi connectivity index (χ2v) is 9.13. The van der Waals surface area contributed by atoms with Gasteiger partial charge in [-0.3, -0.25) is 9.59 Å². The highest BCUT2D eigenvalue weighted by Crippen LogP contribution is 2.25. The van der Waals surface area contributed by atoms with Gasteiger partial charge in [-0.15, -0.1) is 23.5 Å². The fraction of sp³-hybridized carbons (Fsp3) is 0.364. The number of phenols is 2. The zero-order valence-electron chi connectivity index (χ0n) is 17.2. The van der Waals surface area contributed by atoms with Gasteiger partial charge in [-0.05, 0) is 61.4 Å². The van der Waals surface area contributed by atoms with E-state index in [0.717, 1.165) is 20.9 Å². The Labute approximate surface area is 185 Å². The lowest BCUT2D eigenvalue weighted by Crippen LogP contribution is -2.34. The van der Waals surface area contributed by atoms with Crippen molar-refractivity contribution >= 4 is 35.3 Å². The predicted molar refractivity (Wildman–Crippen MR) is 122 cm³/mol. The minimum absolute atomic E-state index is 0.0505. The number of amides is 2. The minimum Gasteiger partial charge on any atom is -0.508 e. The number of nitrogens with one attached hydrogen (secondary N) is 2. The van der Waals surface area contributed by atoms with Crippen LogP contribution in [-0.4, -0.2) is 46.6 Å². The van der Waals surface area contributed by atoms with E-state index in [4.69, 9.17) is 0 Å². The van der Waals surface area contributed by atoms with E-state index in [1.807, 2.05) is 38.1 Å². The quantitative estimate of drug-likeness (QED) is 0.310. The number of phenolic OH excluding ortho intramolecular Hbond substituents is 2. The van der Waals surface area contributed by atoms with Crippen molar-refractivity contribution in [2.75, 3.05) is 24.6 Å². The van der Waals surface area contributed by atoms with Crippen LogP contribution in [0.3, 0.4) is 0 Å². The molecule has 0 bridgehead atoms. The zero-order valence-corrected chi connectivity index (χ0v) is 18.9. The number of carbonyl (C=O) groups excluding carboxylic acids is 2. The highest BCUT2D eigenvalue weighted by Gasteiger charge is 2.05. The molecule has 6 nitrogen and oxygen atoms in total. The second kappa shape index (κ2) is 12.4. The Morgan fingerprint density at radius 3 is 1.53 bits per heavy atom. The van der Waals surface area contributed by atoms with Gasteiger partial charge in [-0.1, -0.05) is 0 Å². The third-order valence-electron chi connectivity index (χ3n) is 4.30. The van der Waals surface area contributed by atoms with E-state index in [-0.39, 0.29) is 23.3 Å². The molecule has 8 heteroatoms. The topological polar surface area (TPSA) is 98.7 Å². The van der Waals surface area contributed by atoms with Gasteiger partial charge in [-0.2, -0.15) is 0 Å². The number of carbonyl (C=O) groups is 2. The van der Waals surface area contributed by atoms with Crippen molar-refractivity contribution in [3.05, 3.63) is 47.5 Å². The first-order valence-electron chi connectivity index (χ1n) is 9.73. The van der Waals surface area contributed by atoms with Gasteiger partial charge in [0.05, 0.1) is 0 Å². The molecule has 0 spiro atoms. The van der Waals surface area contributed by atoms with Crippen molar-refractivity contribution in [1.82, 2.24) is 10.6 Å². The molecule has 30 heavy (non-hydrogen) atoms. The third-order valence-corrected chi connectivity index (χ3v) is 6.29. The normalized spacial score (nSPS) is 10.6. The third kappa shape index (κ3) is 8.59. The van der Waals surface area contributed by atoms with Crippen LogP contribution in [-0.2, 0) is 9.59 Å². The number of rotatable bonds is 11. The molecule has 0 aliphatic heterocycles. The summed E-state index contributed by atoms with van der Waals surface area (Å²) in [6, 6.07) is 10.8. The molecule has 0 radical (unpaired) electrons. The number of aromatic hydroxyl groups is 2. The lowest BCUT2D eigenvalue weighted by atomic mass is 10.2. The van der Waals surface area contributed by atoms with Crippen molar-refractivity contribution < 1.29 is 19.8 Å². The summed E-state index contributed by atoms with van der Waals surface area (Å²) in [5, 5.41) is 24.7. The Morgan fingerprint density at radius 2 is 1.17 bits per heavy atom. The van der Waals surface area contributed by atoms with Gasteiger partial charge in [0, 0.05) is 47.2 Å².